The molecule has 0 fully saturated rings. The molecule has 5 nitrogen and oxygen atoms in total. The van der Waals surface area contributed by atoms with Gasteiger partial charge in [0.1, 0.15) is 0 Å². The summed E-state index contributed by atoms with van der Waals surface area (Å²) in [4.78, 5) is 0. The Balaban J connectivity index is 1.46. The van der Waals surface area contributed by atoms with E-state index in [1.54, 1.807) is 0 Å². The maximum atomic E-state index is 5.71. The van der Waals surface area contributed by atoms with Gasteiger partial charge in [0.2, 0.25) is 13.6 Å². The Bertz CT molecular complexity index is 861. The normalized spacial score (nSPS) is 25.0. The monoisotopic (exact) mass is 323 g/mol. The lowest BCUT2D eigenvalue weighted by Gasteiger charge is -2.39. The smallest absolute Gasteiger partial charge is 0.231 e. The second-order valence-corrected chi connectivity index (χ2v) is 6.78. The first-order chi connectivity index (χ1) is 11.9. The summed E-state index contributed by atoms with van der Waals surface area (Å²) in [6.45, 7) is 1.45. The number of ether oxygens (including phenoxy) is 4. The summed E-state index contributed by atoms with van der Waals surface area (Å²) in [6.07, 6.45) is 2.18. The van der Waals surface area contributed by atoms with Crippen LogP contribution in [0.3, 0.4) is 0 Å². The van der Waals surface area contributed by atoms with E-state index in [1.807, 2.05) is 0 Å². The standard InChI is InChI=1S/C19H17NO4/c1-2-12-11-3-4-15-19(24-9-21-15)14(11)7-20-18(12)13-6-17-16(5-10(1)13)22-8-23-17/h3-6,12,18,20H,1-2,7-9H2/t12-,18+/m1/s1. The zero-order chi connectivity index (χ0) is 15.7. The minimum Gasteiger partial charge on any atom is -0.454 e. The van der Waals surface area contributed by atoms with E-state index < -0.39 is 0 Å². The molecule has 0 amide bonds. The first-order valence-corrected chi connectivity index (χ1v) is 8.45. The number of nitrogens with one attached hydrogen (secondary N) is 1. The topological polar surface area (TPSA) is 49.0 Å². The predicted octanol–water partition coefficient (Wildman–Crippen LogP) is 3.02. The molecule has 1 N–H and O–H groups in total. The second kappa shape index (κ2) is 4.57. The lowest BCUT2D eigenvalue weighted by Crippen LogP contribution is -2.35. The molecule has 0 spiro atoms. The van der Waals surface area contributed by atoms with Crippen LogP contribution in [-0.4, -0.2) is 13.6 Å². The summed E-state index contributed by atoms with van der Waals surface area (Å²) in [5.41, 5.74) is 5.37. The molecule has 2 aromatic carbocycles. The molecule has 3 aliphatic heterocycles. The van der Waals surface area contributed by atoms with E-state index in [9.17, 15) is 0 Å². The van der Waals surface area contributed by atoms with E-state index in [-0.39, 0.29) is 0 Å². The van der Waals surface area contributed by atoms with Gasteiger partial charge in [-0.15, -0.1) is 0 Å². The molecule has 5 heteroatoms. The van der Waals surface area contributed by atoms with Gasteiger partial charge in [-0.2, -0.15) is 0 Å². The highest BCUT2D eigenvalue weighted by molar-refractivity contribution is 5.57. The van der Waals surface area contributed by atoms with Crippen molar-refractivity contribution in [2.45, 2.75) is 31.3 Å². The van der Waals surface area contributed by atoms with Crippen molar-refractivity contribution in [2.75, 3.05) is 13.6 Å². The third-order valence-corrected chi connectivity index (χ3v) is 5.67. The minimum atomic E-state index is 0.316. The molecule has 6 rings (SSSR count). The fraction of sp³-hybridized carbons (Fsp3) is 0.368. The van der Waals surface area contributed by atoms with Crippen LogP contribution < -0.4 is 24.3 Å². The number of hydrogen-bond donors (Lipinski definition) is 1. The van der Waals surface area contributed by atoms with Gasteiger partial charge in [-0.1, -0.05) is 6.07 Å². The maximum absolute atomic E-state index is 5.71. The van der Waals surface area contributed by atoms with E-state index in [0.717, 1.165) is 42.4 Å². The highest BCUT2D eigenvalue weighted by Gasteiger charge is 2.38. The molecule has 0 saturated carbocycles. The summed E-state index contributed by atoms with van der Waals surface area (Å²) in [6, 6.07) is 8.92. The fourth-order valence-electron chi connectivity index (χ4n) is 4.57. The Hall–Kier alpha value is -2.40. The molecule has 1 aliphatic carbocycles. The Morgan fingerprint density at radius 2 is 1.71 bits per heavy atom. The third-order valence-electron chi connectivity index (χ3n) is 5.67. The number of rotatable bonds is 0. The van der Waals surface area contributed by atoms with Crippen molar-refractivity contribution in [3.63, 3.8) is 0 Å². The molecule has 2 atom stereocenters. The highest BCUT2D eigenvalue weighted by atomic mass is 16.7. The number of benzene rings is 2. The molecule has 0 unspecified atom stereocenters. The van der Waals surface area contributed by atoms with Crippen molar-refractivity contribution >= 4 is 0 Å². The van der Waals surface area contributed by atoms with E-state index in [1.165, 1.54) is 22.3 Å². The van der Waals surface area contributed by atoms with E-state index in [2.05, 4.69) is 29.6 Å². The van der Waals surface area contributed by atoms with Crippen molar-refractivity contribution in [3.05, 3.63) is 46.5 Å². The van der Waals surface area contributed by atoms with Crippen LogP contribution in [0.1, 0.15) is 40.6 Å². The van der Waals surface area contributed by atoms with E-state index in [4.69, 9.17) is 18.9 Å². The van der Waals surface area contributed by atoms with Gasteiger partial charge < -0.3 is 24.3 Å². The van der Waals surface area contributed by atoms with Gasteiger partial charge in [-0.25, -0.2) is 0 Å². The van der Waals surface area contributed by atoms with Crippen LogP contribution >= 0.6 is 0 Å². The average Bonchev–Trinajstić information content (AvgIpc) is 3.27. The number of hydrogen-bond acceptors (Lipinski definition) is 5. The SMILES string of the molecule is c1c2c(cc3c1OCO3)[C@H]1NCc3c(ccc4c3OCO4)[C@H]1CC2. The molecule has 122 valence electrons. The van der Waals surface area contributed by atoms with Gasteiger partial charge in [0.25, 0.3) is 0 Å². The lowest BCUT2D eigenvalue weighted by atomic mass is 9.73. The summed E-state index contributed by atoms with van der Waals surface area (Å²) in [5, 5.41) is 3.72. The molecular weight excluding hydrogens is 306 g/mol. The van der Waals surface area contributed by atoms with Crippen LogP contribution in [0.4, 0.5) is 0 Å². The van der Waals surface area contributed by atoms with Crippen LogP contribution in [0.15, 0.2) is 24.3 Å². The first kappa shape index (κ1) is 13.0. The molecule has 0 aromatic heterocycles. The van der Waals surface area contributed by atoms with Crippen molar-refractivity contribution < 1.29 is 18.9 Å². The van der Waals surface area contributed by atoms with Gasteiger partial charge >= 0.3 is 0 Å². The maximum Gasteiger partial charge on any atom is 0.231 e. The van der Waals surface area contributed by atoms with E-state index >= 15 is 0 Å². The molecule has 0 saturated heterocycles. The first-order valence-electron chi connectivity index (χ1n) is 8.45. The largest absolute Gasteiger partial charge is 0.454 e. The van der Waals surface area contributed by atoms with Gasteiger partial charge in [-0.05, 0) is 47.7 Å². The number of aryl methyl sites for hydroxylation is 1. The zero-order valence-corrected chi connectivity index (χ0v) is 13.1. The van der Waals surface area contributed by atoms with Crippen LogP contribution in [0.5, 0.6) is 23.0 Å². The van der Waals surface area contributed by atoms with Gasteiger partial charge in [0.05, 0.1) is 0 Å². The quantitative estimate of drug-likeness (QED) is 0.807. The molecule has 0 radical (unpaired) electrons. The lowest BCUT2D eigenvalue weighted by molar-refractivity contribution is 0.172. The zero-order valence-electron chi connectivity index (χ0n) is 13.1. The van der Waals surface area contributed by atoms with Gasteiger partial charge in [0.15, 0.2) is 23.0 Å². The van der Waals surface area contributed by atoms with Crippen molar-refractivity contribution in [3.8, 4) is 23.0 Å². The minimum absolute atomic E-state index is 0.316. The van der Waals surface area contributed by atoms with Gasteiger partial charge in [0, 0.05) is 24.1 Å². The molecule has 2 aromatic rings. The van der Waals surface area contributed by atoms with Crippen LogP contribution in [0.2, 0.25) is 0 Å². The fourth-order valence-corrected chi connectivity index (χ4v) is 4.57. The van der Waals surface area contributed by atoms with Gasteiger partial charge in [-0.3, -0.25) is 0 Å². The number of fused-ring (bicyclic) bond motifs is 8. The molecule has 4 aliphatic rings. The summed E-state index contributed by atoms with van der Waals surface area (Å²) in [5.74, 6) is 4.00. The van der Waals surface area contributed by atoms with Crippen LogP contribution in [0, 0.1) is 0 Å². The second-order valence-electron chi connectivity index (χ2n) is 6.78. The van der Waals surface area contributed by atoms with E-state index in [0.29, 0.717) is 25.5 Å². The van der Waals surface area contributed by atoms with Crippen molar-refractivity contribution in [1.29, 1.82) is 0 Å². The summed E-state index contributed by atoms with van der Waals surface area (Å²) in [7, 11) is 0. The summed E-state index contributed by atoms with van der Waals surface area (Å²) < 4.78 is 22.4. The summed E-state index contributed by atoms with van der Waals surface area (Å²) >= 11 is 0. The molecule has 3 heterocycles. The molecule has 0 bridgehead atoms. The highest BCUT2D eigenvalue weighted by Crippen LogP contribution is 2.51. The van der Waals surface area contributed by atoms with Crippen LogP contribution in [0.25, 0.3) is 0 Å². The molecule has 24 heavy (non-hydrogen) atoms. The Morgan fingerprint density at radius 3 is 2.67 bits per heavy atom. The Morgan fingerprint density at radius 1 is 0.875 bits per heavy atom. The van der Waals surface area contributed by atoms with Crippen LogP contribution in [-0.2, 0) is 13.0 Å². The van der Waals surface area contributed by atoms with Crippen molar-refractivity contribution in [2.24, 2.45) is 0 Å². The molecular formula is C19H17NO4. The van der Waals surface area contributed by atoms with Crippen molar-refractivity contribution in [1.82, 2.24) is 5.32 Å². The predicted molar refractivity (Wildman–Crippen MR) is 85.8 cm³/mol. The third kappa shape index (κ3) is 1.62. The average molecular weight is 323 g/mol. The Kier molecular flexibility index (Phi) is 2.47. The Labute approximate surface area is 139 Å².